The predicted octanol–water partition coefficient (Wildman–Crippen LogP) is 1.38. The number of benzene rings is 1. The molecule has 0 radical (unpaired) electrons. The van der Waals surface area contributed by atoms with Gasteiger partial charge in [0.1, 0.15) is 12.4 Å². The topological polar surface area (TPSA) is 116 Å². The molecule has 5 heterocycles. The van der Waals surface area contributed by atoms with Gasteiger partial charge >= 0.3 is 5.97 Å². The molecule has 2 aromatic heterocycles. The zero-order valence-corrected chi connectivity index (χ0v) is 20.9. The van der Waals surface area contributed by atoms with Crippen molar-refractivity contribution < 1.29 is 19.1 Å². The van der Waals surface area contributed by atoms with E-state index in [4.69, 9.17) is 9.47 Å². The standard InChI is InChI=1S/C26H29N7O4/c1-17-9-20-11-19(4-5-21(20)25(35)37-17)22-13-32-8-7-31(14-26(32,2)15-36-22)24(34)10-18-3-6-23(27-12-18)33-16-28-29-30-33/h3-6,11-12,16-17,22H,7-10,13-15H2,1-2H3. The Hall–Kier alpha value is -3.70. The van der Waals surface area contributed by atoms with Crippen LogP contribution in [0.1, 0.15) is 47.0 Å². The smallest absolute Gasteiger partial charge is 0.338 e. The van der Waals surface area contributed by atoms with Crippen LogP contribution in [-0.2, 0) is 27.1 Å². The van der Waals surface area contributed by atoms with E-state index in [2.05, 4.69) is 38.4 Å². The van der Waals surface area contributed by atoms with E-state index >= 15 is 0 Å². The molecular weight excluding hydrogens is 474 g/mol. The fourth-order valence-corrected chi connectivity index (χ4v) is 5.49. The van der Waals surface area contributed by atoms with Crippen LogP contribution in [-0.4, -0.2) is 91.3 Å². The highest BCUT2D eigenvalue weighted by molar-refractivity contribution is 5.92. The number of rotatable bonds is 4. The number of ether oxygens (including phenoxy) is 2. The first-order valence-corrected chi connectivity index (χ1v) is 12.5. The molecule has 3 unspecified atom stereocenters. The van der Waals surface area contributed by atoms with Crippen molar-refractivity contribution in [2.24, 2.45) is 0 Å². The van der Waals surface area contributed by atoms with Crippen molar-refractivity contribution in [3.05, 3.63) is 65.1 Å². The number of tetrazole rings is 1. The summed E-state index contributed by atoms with van der Waals surface area (Å²) < 4.78 is 13.2. The number of nitrogens with zero attached hydrogens (tertiary/aromatic N) is 7. The lowest BCUT2D eigenvalue weighted by atomic mass is 9.91. The fourth-order valence-electron chi connectivity index (χ4n) is 5.49. The Labute approximate surface area is 214 Å². The van der Waals surface area contributed by atoms with Crippen molar-refractivity contribution >= 4 is 11.9 Å². The maximum Gasteiger partial charge on any atom is 0.338 e. The Morgan fingerprint density at radius 2 is 2.11 bits per heavy atom. The maximum absolute atomic E-state index is 13.1. The Kier molecular flexibility index (Phi) is 5.96. The van der Waals surface area contributed by atoms with E-state index in [1.807, 2.05) is 30.0 Å². The highest BCUT2D eigenvalue weighted by atomic mass is 16.5. The SMILES string of the molecule is CC1Cc2cc(C3CN4CCN(C(=O)Cc5ccc(-n6cnnn6)nc5)CC4(C)CO3)ccc2C(=O)O1. The summed E-state index contributed by atoms with van der Waals surface area (Å²) in [5.74, 6) is 0.428. The van der Waals surface area contributed by atoms with E-state index in [0.717, 1.165) is 36.2 Å². The minimum Gasteiger partial charge on any atom is -0.459 e. The molecule has 1 aromatic carbocycles. The van der Waals surface area contributed by atoms with Crippen molar-refractivity contribution in [3.8, 4) is 5.82 Å². The van der Waals surface area contributed by atoms with Crippen molar-refractivity contribution in [1.82, 2.24) is 35.0 Å². The molecule has 192 valence electrons. The average Bonchev–Trinajstić information content (AvgIpc) is 3.43. The van der Waals surface area contributed by atoms with Gasteiger partial charge in [-0.15, -0.1) is 5.10 Å². The summed E-state index contributed by atoms with van der Waals surface area (Å²) in [6.45, 7) is 7.42. The molecule has 2 fully saturated rings. The van der Waals surface area contributed by atoms with E-state index in [-0.39, 0.29) is 29.6 Å². The van der Waals surface area contributed by atoms with Gasteiger partial charge in [0.25, 0.3) is 0 Å². The summed E-state index contributed by atoms with van der Waals surface area (Å²) in [6, 6.07) is 9.61. The van der Waals surface area contributed by atoms with Crippen LogP contribution in [0, 0.1) is 0 Å². The number of hydrogen-bond acceptors (Lipinski definition) is 9. The van der Waals surface area contributed by atoms with Gasteiger partial charge < -0.3 is 14.4 Å². The number of esters is 1. The third-order valence-electron chi connectivity index (χ3n) is 7.55. The number of cyclic esters (lactones) is 1. The van der Waals surface area contributed by atoms with Gasteiger partial charge in [-0.3, -0.25) is 9.69 Å². The molecule has 37 heavy (non-hydrogen) atoms. The molecule has 11 heteroatoms. The minimum atomic E-state index is -0.252. The number of aromatic nitrogens is 5. The summed E-state index contributed by atoms with van der Waals surface area (Å²) in [6.07, 6.45) is 4.00. The third kappa shape index (κ3) is 4.60. The number of fused-ring (bicyclic) bond motifs is 2. The van der Waals surface area contributed by atoms with E-state index in [0.29, 0.717) is 37.5 Å². The molecule has 3 aliphatic rings. The summed E-state index contributed by atoms with van der Waals surface area (Å²) >= 11 is 0. The van der Waals surface area contributed by atoms with Crippen LogP contribution in [0.5, 0.6) is 0 Å². The number of morpholine rings is 1. The molecule has 2 saturated heterocycles. The van der Waals surface area contributed by atoms with E-state index < -0.39 is 0 Å². The van der Waals surface area contributed by atoms with Gasteiger partial charge in [0.05, 0.1) is 30.2 Å². The number of hydrogen-bond donors (Lipinski definition) is 0. The second kappa shape index (κ2) is 9.31. The second-order valence-electron chi connectivity index (χ2n) is 10.4. The third-order valence-corrected chi connectivity index (χ3v) is 7.55. The number of carbonyl (C=O) groups is 2. The normalized spacial score (nSPS) is 25.8. The van der Waals surface area contributed by atoms with Gasteiger partial charge in [0.15, 0.2) is 5.82 Å². The average molecular weight is 504 g/mol. The Morgan fingerprint density at radius 1 is 1.22 bits per heavy atom. The molecule has 6 rings (SSSR count). The number of pyridine rings is 1. The van der Waals surface area contributed by atoms with Crippen LogP contribution in [0.25, 0.3) is 5.82 Å². The van der Waals surface area contributed by atoms with Gasteiger partial charge in [-0.25, -0.2) is 9.78 Å². The van der Waals surface area contributed by atoms with Crippen LogP contribution < -0.4 is 0 Å². The summed E-state index contributed by atoms with van der Waals surface area (Å²) in [4.78, 5) is 34.0. The lowest BCUT2D eigenvalue weighted by molar-refractivity contribution is -0.153. The molecule has 0 spiro atoms. The highest BCUT2D eigenvalue weighted by Crippen LogP contribution is 2.34. The second-order valence-corrected chi connectivity index (χ2v) is 10.4. The first-order valence-electron chi connectivity index (χ1n) is 12.5. The van der Waals surface area contributed by atoms with Crippen molar-refractivity contribution in [2.45, 2.75) is 44.4 Å². The molecule has 0 N–H and O–H groups in total. The molecule has 3 aromatic rings. The first-order chi connectivity index (χ1) is 17.9. The van der Waals surface area contributed by atoms with Crippen LogP contribution in [0.3, 0.4) is 0 Å². The Morgan fingerprint density at radius 3 is 2.89 bits per heavy atom. The zero-order valence-electron chi connectivity index (χ0n) is 20.9. The predicted molar refractivity (Wildman–Crippen MR) is 131 cm³/mol. The zero-order chi connectivity index (χ0) is 25.6. The van der Waals surface area contributed by atoms with Gasteiger partial charge in [-0.1, -0.05) is 18.2 Å². The van der Waals surface area contributed by atoms with Crippen LogP contribution >= 0.6 is 0 Å². The quantitative estimate of drug-likeness (QED) is 0.487. The van der Waals surface area contributed by atoms with E-state index in [9.17, 15) is 9.59 Å². The molecule has 3 atom stereocenters. The van der Waals surface area contributed by atoms with E-state index in [1.54, 1.807) is 12.3 Å². The lowest BCUT2D eigenvalue weighted by Gasteiger charge is -2.53. The largest absolute Gasteiger partial charge is 0.459 e. The Balaban J connectivity index is 1.09. The van der Waals surface area contributed by atoms with Crippen molar-refractivity contribution in [1.29, 1.82) is 0 Å². The monoisotopic (exact) mass is 503 g/mol. The number of amides is 1. The summed E-state index contributed by atoms with van der Waals surface area (Å²) in [7, 11) is 0. The molecule has 0 saturated carbocycles. The Bertz CT molecular complexity index is 1310. The molecule has 3 aliphatic heterocycles. The van der Waals surface area contributed by atoms with Crippen LogP contribution in [0.2, 0.25) is 0 Å². The van der Waals surface area contributed by atoms with Gasteiger partial charge in [0.2, 0.25) is 5.91 Å². The van der Waals surface area contributed by atoms with Crippen LogP contribution in [0.4, 0.5) is 0 Å². The maximum atomic E-state index is 13.1. The number of carbonyl (C=O) groups excluding carboxylic acids is 2. The molecular formula is C26H29N7O4. The highest BCUT2D eigenvalue weighted by Gasteiger charge is 2.44. The first kappa shape index (κ1) is 23.7. The summed E-state index contributed by atoms with van der Waals surface area (Å²) in [5, 5.41) is 11.1. The van der Waals surface area contributed by atoms with Crippen molar-refractivity contribution in [3.63, 3.8) is 0 Å². The van der Waals surface area contributed by atoms with Gasteiger partial charge in [0, 0.05) is 38.8 Å². The summed E-state index contributed by atoms with van der Waals surface area (Å²) in [5.41, 5.74) is 3.35. The number of piperazine rings is 1. The molecule has 0 aliphatic carbocycles. The van der Waals surface area contributed by atoms with Gasteiger partial charge in [-0.2, -0.15) is 4.68 Å². The molecule has 1 amide bonds. The van der Waals surface area contributed by atoms with Crippen molar-refractivity contribution in [2.75, 3.05) is 32.8 Å². The molecule has 0 bridgehead atoms. The minimum absolute atomic E-state index is 0.0707. The lowest BCUT2D eigenvalue weighted by Crippen LogP contribution is -2.66. The van der Waals surface area contributed by atoms with Gasteiger partial charge in [-0.05, 0) is 53.1 Å². The fraction of sp³-hybridized carbons (Fsp3) is 0.462. The van der Waals surface area contributed by atoms with E-state index in [1.165, 1.54) is 11.0 Å². The molecule has 11 nitrogen and oxygen atoms in total. The van der Waals surface area contributed by atoms with Crippen LogP contribution in [0.15, 0.2) is 42.9 Å².